The third-order valence-electron chi connectivity index (χ3n) is 3.72. The number of hydrogen-bond acceptors (Lipinski definition) is 2. The van der Waals surface area contributed by atoms with E-state index in [0.717, 1.165) is 12.0 Å². The summed E-state index contributed by atoms with van der Waals surface area (Å²) in [6.07, 6.45) is 10.2. The second-order valence-corrected chi connectivity index (χ2v) is 5.82. The molecule has 114 valence electrons. The zero-order chi connectivity index (χ0) is 14.8. The number of unbranched alkanes of at least 4 members (excludes halogenated alkanes) is 6. The average Bonchev–Trinajstić information content (AvgIpc) is 2.46. The minimum Gasteiger partial charge on any atom is -0.495 e. The molecule has 3 heteroatoms. The number of hydrogen-bond donors (Lipinski definition) is 1. The lowest BCUT2D eigenvalue weighted by Crippen LogP contribution is -2.10. The van der Waals surface area contributed by atoms with Gasteiger partial charge in [-0.3, -0.25) is 0 Å². The Morgan fingerprint density at radius 3 is 2.40 bits per heavy atom. The Morgan fingerprint density at radius 2 is 1.75 bits per heavy atom. The van der Waals surface area contributed by atoms with Crippen LogP contribution >= 0.6 is 11.6 Å². The van der Waals surface area contributed by atoms with Gasteiger partial charge in [0.15, 0.2) is 0 Å². The van der Waals surface area contributed by atoms with Crippen molar-refractivity contribution in [1.82, 2.24) is 0 Å². The molecule has 0 saturated heterocycles. The summed E-state index contributed by atoms with van der Waals surface area (Å²) in [6, 6.07) is 5.89. The summed E-state index contributed by atoms with van der Waals surface area (Å²) in [5.41, 5.74) is 7.34. The lowest BCUT2D eigenvalue weighted by atomic mass is 10.00. The van der Waals surface area contributed by atoms with E-state index in [1.54, 1.807) is 7.11 Å². The van der Waals surface area contributed by atoms with Gasteiger partial charge in [-0.2, -0.15) is 0 Å². The number of ether oxygens (including phenoxy) is 1. The van der Waals surface area contributed by atoms with Crippen LogP contribution in [0.5, 0.6) is 5.75 Å². The van der Waals surface area contributed by atoms with Gasteiger partial charge in [0, 0.05) is 6.04 Å². The molecule has 0 spiro atoms. The summed E-state index contributed by atoms with van der Waals surface area (Å²) in [6.45, 7) is 2.25. The Bertz CT molecular complexity index is 381. The summed E-state index contributed by atoms with van der Waals surface area (Å²) < 4.78 is 5.23. The first-order valence-electron chi connectivity index (χ1n) is 7.78. The molecule has 0 aliphatic carbocycles. The summed E-state index contributed by atoms with van der Waals surface area (Å²) in [5.74, 6) is 0.708. The van der Waals surface area contributed by atoms with E-state index in [2.05, 4.69) is 6.92 Å². The van der Waals surface area contributed by atoms with Crippen LogP contribution in [0.3, 0.4) is 0 Å². The van der Waals surface area contributed by atoms with Crippen molar-refractivity contribution in [2.75, 3.05) is 7.11 Å². The molecule has 2 nitrogen and oxygen atoms in total. The van der Waals surface area contributed by atoms with Crippen molar-refractivity contribution in [3.63, 3.8) is 0 Å². The second-order valence-electron chi connectivity index (χ2n) is 5.41. The summed E-state index contributed by atoms with van der Waals surface area (Å²) >= 11 is 6.02. The van der Waals surface area contributed by atoms with Gasteiger partial charge in [-0.05, 0) is 24.1 Å². The van der Waals surface area contributed by atoms with Crippen LogP contribution in [0.1, 0.15) is 69.9 Å². The van der Waals surface area contributed by atoms with Crippen molar-refractivity contribution in [3.8, 4) is 5.75 Å². The third-order valence-corrected chi connectivity index (χ3v) is 4.03. The van der Waals surface area contributed by atoms with E-state index in [0.29, 0.717) is 10.8 Å². The summed E-state index contributed by atoms with van der Waals surface area (Å²) in [7, 11) is 1.63. The molecular formula is C17H28ClNO. The molecular weight excluding hydrogens is 270 g/mol. The van der Waals surface area contributed by atoms with Crippen molar-refractivity contribution in [2.45, 2.75) is 64.3 Å². The first-order chi connectivity index (χ1) is 9.69. The maximum Gasteiger partial charge on any atom is 0.137 e. The smallest absolute Gasteiger partial charge is 0.137 e. The van der Waals surface area contributed by atoms with Crippen LogP contribution < -0.4 is 10.5 Å². The van der Waals surface area contributed by atoms with Gasteiger partial charge >= 0.3 is 0 Å². The molecule has 20 heavy (non-hydrogen) atoms. The van der Waals surface area contributed by atoms with Crippen molar-refractivity contribution in [1.29, 1.82) is 0 Å². The molecule has 0 bridgehead atoms. The van der Waals surface area contributed by atoms with Crippen LogP contribution in [0.2, 0.25) is 5.02 Å². The van der Waals surface area contributed by atoms with Crippen LogP contribution in [0.25, 0.3) is 0 Å². The molecule has 1 atom stereocenters. The normalized spacial score (nSPS) is 12.4. The van der Waals surface area contributed by atoms with E-state index in [1.165, 1.54) is 44.9 Å². The lowest BCUT2D eigenvalue weighted by molar-refractivity contribution is 0.413. The zero-order valence-electron chi connectivity index (χ0n) is 12.8. The van der Waals surface area contributed by atoms with Crippen LogP contribution in [0.15, 0.2) is 18.2 Å². The molecule has 1 rings (SSSR count). The van der Waals surface area contributed by atoms with Crippen LogP contribution in [-0.2, 0) is 0 Å². The van der Waals surface area contributed by atoms with Crippen LogP contribution in [-0.4, -0.2) is 7.11 Å². The molecule has 1 aromatic carbocycles. The van der Waals surface area contributed by atoms with E-state index in [4.69, 9.17) is 22.1 Å². The van der Waals surface area contributed by atoms with Gasteiger partial charge in [0.05, 0.1) is 12.1 Å². The Morgan fingerprint density at radius 1 is 1.10 bits per heavy atom. The average molecular weight is 298 g/mol. The predicted octanol–water partition coefficient (Wildman–Crippen LogP) is 5.49. The zero-order valence-corrected chi connectivity index (χ0v) is 13.6. The first kappa shape index (κ1) is 17.3. The van der Waals surface area contributed by atoms with Gasteiger partial charge in [-0.25, -0.2) is 0 Å². The van der Waals surface area contributed by atoms with E-state index < -0.39 is 0 Å². The van der Waals surface area contributed by atoms with Gasteiger partial charge in [-0.1, -0.05) is 69.5 Å². The molecule has 0 heterocycles. The Balaban J connectivity index is 2.27. The fourth-order valence-electron chi connectivity index (χ4n) is 2.40. The van der Waals surface area contributed by atoms with Crippen molar-refractivity contribution in [2.24, 2.45) is 5.73 Å². The number of rotatable bonds is 10. The largest absolute Gasteiger partial charge is 0.495 e. The van der Waals surface area contributed by atoms with Gasteiger partial charge in [0.25, 0.3) is 0 Å². The number of nitrogens with two attached hydrogens (primary N) is 1. The van der Waals surface area contributed by atoms with Gasteiger partial charge in [0.2, 0.25) is 0 Å². The highest BCUT2D eigenvalue weighted by molar-refractivity contribution is 6.32. The highest BCUT2D eigenvalue weighted by Gasteiger charge is 2.09. The third kappa shape index (κ3) is 6.15. The Kier molecular flexibility index (Phi) is 8.72. The second kappa shape index (κ2) is 10.1. The number of methoxy groups -OCH3 is 1. The number of halogens is 1. The molecule has 0 aromatic heterocycles. The quantitative estimate of drug-likeness (QED) is 0.580. The monoisotopic (exact) mass is 297 g/mol. The fourth-order valence-corrected chi connectivity index (χ4v) is 2.59. The van der Waals surface area contributed by atoms with Gasteiger partial charge < -0.3 is 10.5 Å². The molecule has 0 fully saturated rings. The maximum absolute atomic E-state index is 6.23. The molecule has 0 saturated carbocycles. The molecule has 0 aliphatic rings. The molecule has 0 radical (unpaired) electrons. The summed E-state index contributed by atoms with van der Waals surface area (Å²) in [5, 5.41) is 0.638. The highest BCUT2D eigenvalue weighted by atomic mass is 35.5. The van der Waals surface area contributed by atoms with Crippen molar-refractivity contribution < 1.29 is 4.74 Å². The highest BCUT2D eigenvalue weighted by Crippen LogP contribution is 2.28. The van der Waals surface area contributed by atoms with Crippen molar-refractivity contribution in [3.05, 3.63) is 28.8 Å². The van der Waals surface area contributed by atoms with E-state index in [1.807, 2.05) is 18.2 Å². The standard InChI is InChI=1S/C17H28ClNO/c1-3-4-5-6-7-8-9-10-16(19)14-11-12-15(18)17(13-14)20-2/h11-13,16H,3-10,19H2,1-2H3. The Labute approximate surface area is 128 Å². The minimum absolute atomic E-state index is 0.0804. The van der Waals surface area contributed by atoms with Crippen molar-refractivity contribution >= 4 is 11.6 Å². The Hall–Kier alpha value is -0.730. The fraction of sp³-hybridized carbons (Fsp3) is 0.647. The van der Waals surface area contributed by atoms with Gasteiger partial charge in [0.1, 0.15) is 5.75 Å². The van der Waals surface area contributed by atoms with Gasteiger partial charge in [-0.15, -0.1) is 0 Å². The molecule has 1 unspecified atom stereocenters. The number of benzene rings is 1. The molecule has 0 aliphatic heterocycles. The van der Waals surface area contributed by atoms with E-state index in [-0.39, 0.29) is 6.04 Å². The molecule has 1 aromatic rings. The summed E-state index contributed by atoms with van der Waals surface area (Å²) in [4.78, 5) is 0. The molecule has 2 N–H and O–H groups in total. The van der Waals surface area contributed by atoms with Crippen LogP contribution in [0.4, 0.5) is 0 Å². The van der Waals surface area contributed by atoms with Crippen LogP contribution in [0, 0.1) is 0 Å². The lowest BCUT2D eigenvalue weighted by Gasteiger charge is -2.13. The van der Waals surface area contributed by atoms with E-state index in [9.17, 15) is 0 Å². The predicted molar refractivity (Wildman–Crippen MR) is 87.5 cm³/mol. The minimum atomic E-state index is 0.0804. The molecule has 0 amide bonds. The topological polar surface area (TPSA) is 35.2 Å². The maximum atomic E-state index is 6.23. The SMILES string of the molecule is CCCCCCCCCC(N)c1ccc(Cl)c(OC)c1. The first-order valence-corrected chi connectivity index (χ1v) is 8.15. The van der Waals surface area contributed by atoms with E-state index >= 15 is 0 Å².